The highest BCUT2D eigenvalue weighted by atomic mass is 16.4. The van der Waals surface area contributed by atoms with Crippen molar-refractivity contribution in [1.82, 2.24) is 10.6 Å². The van der Waals surface area contributed by atoms with Crippen molar-refractivity contribution >= 4 is 11.9 Å². The van der Waals surface area contributed by atoms with E-state index in [0.717, 1.165) is 13.0 Å². The maximum Gasteiger partial charge on any atom is 0.371 e. The minimum Gasteiger partial charge on any atom is -0.475 e. The SMILES string of the molecule is CC(C)NCCCC(=O)NCc1ccc(C(=O)O)o1. The number of carbonyl (C=O) groups excluding carboxylic acids is 1. The van der Waals surface area contributed by atoms with Gasteiger partial charge in [-0.05, 0) is 25.1 Å². The second-order valence-electron chi connectivity index (χ2n) is 4.56. The monoisotopic (exact) mass is 268 g/mol. The summed E-state index contributed by atoms with van der Waals surface area (Å²) in [5, 5.41) is 14.6. The molecule has 0 atom stereocenters. The maximum atomic E-state index is 11.5. The molecule has 1 aromatic rings. The number of hydrogen-bond acceptors (Lipinski definition) is 4. The Kier molecular flexibility index (Phi) is 6.08. The van der Waals surface area contributed by atoms with Crippen molar-refractivity contribution in [1.29, 1.82) is 0 Å². The van der Waals surface area contributed by atoms with Gasteiger partial charge in [0.15, 0.2) is 0 Å². The van der Waals surface area contributed by atoms with Crippen molar-refractivity contribution in [3.05, 3.63) is 23.7 Å². The minimum atomic E-state index is -1.11. The second-order valence-corrected chi connectivity index (χ2v) is 4.56. The minimum absolute atomic E-state index is 0.0705. The topological polar surface area (TPSA) is 91.6 Å². The first-order chi connectivity index (χ1) is 8.99. The van der Waals surface area contributed by atoms with Crippen molar-refractivity contribution in [2.24, 2.45) is 0 Å². The molecule has 1 amide bonds. The van der Waals surface area contributed by atoms with Crippen LogP contribution in [-0.4, -0.2) is 29.6 Å². The van der Waals surface area contributed by atoms with Gasteiger partial charge in [0.25, 0.3) is 0 Å². The molecule has 0 bridgehead atoms. The van der Waals surface area contributed by atoms with Gasteiger partial charge in [-0.1, -0.05) is 13.8 Å². The summed E-state index contributed by atoms with van der Waals surface area (Å²) < 4.78 is 5.03. The number of carboxylic acids is 1. The maximum absolute atomic E-state index is 11.5. The molecular formula is C13H20N2O4. The van der Waals surface area contributed by atoms with Crippen molar-refractivity contribution < 1.29 is 19.1 Å². The zero-order valence-corrected chi connectivity index (χ0v) is 11.2. The lowest BCUT2D eigenvalue weighted by Crippen LogP contribution is -2.26. The zero-order chi connectivity index (χ0) is 14.3. The highest BCUT2D eigenvalue weighted by Crippen LogP contribution is 2.07. The Balaban J connectivity index is 2.20. The summed E-state index contributed by atoms with van der Waals surface area (Å²) in [4.78, 5) is 22.1. The van der Waals surface area contributed by atoms with Gasteiger partial charge in [-0.25, -0.2) is 4.79 Å². The molecule has 0 aliphatic rings. The van der Waals surface area contributed by atoms with Gasteiger partial charge >= 0.3 is 5.97 Å². The molecule has 0 saturated heterocycles. The van der Waals surface area contributed by atoms with Crippen LogP contribution in [0.5, 0.6) is 0 Å². The van der Waals surface area contributed by atoms with Crippen LogP contribution in [0.15, 0.2) is 16.5 Å². The van der Waals surface area contributed by atoms with Gasteiger partial charge in [0, 0.05) is 12.5 Å². The Hall–Kier alpha value is -1.82. The summed E-state index contributed by atoms with van der Waals surface area (Å²) in [6, 6.07) is 3.33. The van der Waals surface area contributed by atoms with Crippen molar-refractivity contribution in [3.63, 3.8) is 0 Å². The van der Waals surface area contributed by atoms with Crippen molar-refractivity contribution in [2.75, 3.05) is 6.54 Å². The molecule has 1 heterocycles. The number of carbonyl (C=O) groups is 2. The number of carboxylic acid groups (broad SMARTS) is 1. The Labute approximate surface area is 112 Å². The number of rotatable bonds is 8. The van der Waals surface area contributed by atoms with E-state index in [1.807, 2.05) is 0 Å². The largest absolute Gasteiger partial charge is 0.475 e. The van der Waals surface area contributed by atoms with Crippen molar-refractivity contribution in [2.45, 2.75) is 39.3 Å². The Bertz CT molecular complexity index is 426. The smallest absolute Gasteiger partial charge is 0.371 e. The third-order valence-electron chi connectivity index (χ3n) is 2.47. The van der Waals surface area contributed by atoms with E-state index in [-0.39, 0.29) is 18.2 Å². The summed E-state index contributed by atoms with van der Waals surface area (Å²) in [6.07, 6.45) is 1.20. The third kappa shape index (κ3) is 6.05. The molecule has 0 spiro atoms. The van der Waals surface area contributed by atoms with Crippen LogP contribution in [0.2, 0.25) is 0 Å². The van der Waals surface area contributed by atoms with Gasteiger partial charge in [0.1, 0.15) is 5.76 Å². The van der Waals surface area contributed by atoms with Gasteiger partial charge in [-0.2, -0.15) is 0 Å². The van der Waals surface area contributed by atoms with Gasteiger partial charge in [0.2, 0.25) is 11.7 Å². The number of amides is 1. The molecule has 3 N–H and O–H groups in total. The molecule has 6 heteroatoms. The van der Waals surface area contributed by atoms with E-state index in [9.17, 15) is 9.59 Å². The van der Waals surface area contributed by atoms with Crippen molar-refractivity contribution in [3.8, 4) is 0 Å². The highest BCUT2D eigenvalue weighted by molar-refractivity contribution is 5.84. The molecule has 0 aliphatic carbocycles. The molecule has 1 rings (SSSR count). The second kappa shape index (κ2) is 7.58. The number of furan rings is 1. The molecule has 0 unspecified atom stereocenters. The van der Waals surface area contributed by atoms with Gasteiger partial charge in [-0.15, -0.1) is 0 Å². The van der Waals surface area contributed by atoms with Crippen LogP contribution in [0.4, 0.5) is 0 Å². The van der Waals surface area contributed by atoms with E-state index < -0.39 is 5.97 Å². The Morgan fingerprint density at radius 3 is 2.68 bits per heavy atom. The average Bonchev–Trinajstić information content (AvgIpc) is 2.81. The van der Waals surface area contributed by atoms with E-state index in [1.54, 1.807) is 6.07 Å². The highest BCUT2D eigenvalue weighted by Gasteiger charge is 2.09. The van der Waals surface area contributed by atoms with Gasteiger partial charge in [0.05, 0.1) is 6.54 Å². The summed E-state index contributed by atoms with van der Waals surface area (Å²) in [5.41, 5.74) is 0. The summed E-state index contributed by atoms with van der Waals surface area (Å²) >= 11 is 0. The first-order valence-electron chi connectivity index (χ1n) is 6.31. The van der Waals surface area contributed by atoms with Crippen LogP contribution in [0.3, 0.4) is 0 Å². The van der Waals surface area contributed by atoms with E-state index in [4.69, 9.17) is 9.52 Å². The molecule has 6 nitrogen and oxygen atoms in total. The van der Waals surface area contributed by atoms with E-state index >= 15 is 0 Å². The molecule has 0 aliphatic heterocycles. The Morgan fingerprint density at radius 1 is 1.37 bits per heavy atom. The Morgan fingerprint density at radius 2 is 2.11 bits per heavy atom. The summed E-state index contributed by atoms with van der Waals surface area (Å²) in [7, 11) is 0. The van der Waals surface area contributed by atoms with Crippen LogP contribution in [-0.2, 0) is 11.3 Å². The van der Waals surface area contributed by atoms with Crippen LogP contribution in [0.1, 0.15) is 43.0 Å². The fourth-order valence-electron chi connectivity index (χ4n) is 1.50. The first kappa shape index (κ1) is 15.2. The number of hydrogen-bond donors (Lipinski definition) is 3. The van der Waals surface area contributed by atoms with Crippen LogP contribution < -0.4 is 10.6 Å². The zero-order valence-electron chi connectivity index (χ0n) is 11.2. The number of aromatic carboxylic acids is 1. The third-order valence-corrected chi connectivity index (χ3v) is 2.47. The molecule has 19 heavy (non-hydrogen) atoms. The molecule has 0 fully saturated rings. The van der Waals surface area contributed by atoms with Crippen LogP contribution in [0.25, 0.3) is 0 Å². The van der Waals surface area contributed by atoms with Gasteiger partial charge < -0.3 is 20.2 Å². The van der Waals surface area contributed by atoms with Gasteiger partial charge in [-0.3, -0.25) is 4.79 Å². The fourth-order valence-corrected chi connectivity index (χ4v) is 1.50. The standard InChI is InChI=1S/C13H20N2O4/c1-9(2)14-7-3-4-12(16)15-8-10-5-6-11(19-10)13(17)18/h5-6,9,14H,3-4,7-8H2,1-2H3,(H,15,16)(H,17,18). The van der Waals surface area contributed by atoms with E-state index in [2.05, 4.69) is 24.5 Å². The fraction of sp³-hybridized carbons (Fsp3) is 0.538. The molecule has 0 saturated carbocycles. The molecule has 0 aromatic carbocycles. The van der Waals surface area contributed by atoms with Crippen LogP contribution in [0, 0.1) is 0 Å². The quantitative estimate of drug-likeness (QED) is 0.619. The lowest BCUT2D eigenvalue weighted by atomic mass is 10.2. The predicted molar refractivity (Wildman–Crippen MR) is 69.9 cm³/mol. The average molecular weight is 268 g/mol. The molecule has 1 aromatic heterocycles. The lowest BCUT2D eigenvalue weighted by Gasteiger charge is -2.07. The van der Waals surface area contributed by atoms with E-state index in [0.29, 0.717) is 18.2 Å². The van der Waals surface area contributed by atoms with E-state index in [1.165, 1.54) is 6.07 Å². The normalized spacial score (nSPS) is 10.7. The summed E-state index contributed by atoms with van der Waals surface area (Å²) in [5.74, 6) is -0.868. The summed E-state index contributed by atoms with van der Waals surface area (Å²) in [6.45, 7) is 5.12. The molecule has 0 radical (unpaired) electrons. The first-order valence-corrected chi connectivity index (χ1v) is 6.31. The number of nitrogens with one attached hydrogen (secondary N) is 2. The molecular weight excluding hydrogens is 248 g/mol. The molecule has 106 valence electrons. The predicted octanol–water partition coefficient (Wildman–Crippen LogP) is 1.37. The van der Waals surface area contributed by atoms with Crippen LogP contribution >= 0.6 is 0 Å². The lowest BCUT2D eigenvalue weighted by molar-refractivity contribution is -0.121.